The highest BCUT2D eigenvalue weighted by Crippen LogP contribution is 2.28. The van der Waals surface area contributed by atoms with Crippen LogP contribution < -0.4 is 14.8 Å². The van der Waals surface area contributed by atoms with Gasteiger partial charge >= 0.3 is 5.97 Å². The summed E-state index contributed by atoms with van der Waals surface area (Å²) in [6.45, 7) is 0.239. The summed E-state index contributed by atoms with van der Waals surface area (Å²) in [6, 6.07) is 16.8. The molecule has 6 nitrogen and oxygen atoms in total. The van der Waals surface area contributed by atoms with Crippen molar-refractivity contribution in [3.05, 3.63) is 60.2 Å². The van der Waals surface area contributed by atoms with Crippen LogP contribution in [0.4, 0.5) is 0 Å². The Labute approximate surface area is 161 Å². The van der Waals surface area contributed by atoms with Crippen molar-refractivity contribution in [1.29, 1.82) is 0 Å². The number of rotatable bonds is 8. The van der Waals surface area contributed by atoms with Gasteiger partial charge in [0.25, 0.3) is 5.91 Å². The Kier molecular flexibility index (Phi) is 6.24. The number of nitrogens with one attached hydrogen (secondary N) is 1. The third-order valence-electron chi connectivity index (χ3n) is 4.25. The van der Waals surface area contributed by atoms with Gasteiger partial charge in [0.05, 0.1) is 0 Å². The second kappa shape index (κ2) is 8.81. The highest BCUT2D eigenvalue weighted by Gasteiger charge is 2.43. The number of carboxylic acids is 1. The molecule has 0 aliphatic carbocycles. The van der Waals surface area contributed by atoms with Crippen molar-refractivity contribution in [1.82, 2.24) is 5.32 Å². The average molecular weight is 387 g/mol. The second-order valence-corrected chi connectivity index (χ2v) is 7.38. The zero-order chi connectivity index (χ0) is 19.1. The summed E-state index contributed by atoms with van der Waals surface area (Å²) in [6.07, 6.45) is 0.423. The van der Waals surface area contributed by atoms with Crippen LogP contribution in [-0.2, 0) is 16.2 Å². The van der Waals surface area contributed by atoms with E-state index in [1.807, 2.05) is 30.3 Å². The SMILES string of the molecule is O=C(COc1ccc(OCc2ccccc2)cc1)NC1(C(=O)O)CCSC1. The zero-order valence-electron chi connectivity index (χ0n) is 14.7. The van der Waals surface area contributed by atoms with Crippen molar-refractivity contribution in [3.8, 4) is 11.5 Å². The number of thioether (sulfide) groups is 1. The van der Waals surface area contributed by atoms with Crippen LogP contribution >= 0.6 is 11.8 Å². The van der Waals surface area contributed by atoms with Crippen molar-refractivity contribution in [2.45, 2.75) is 18.6 Å². The van der Waals surface area contributed by atoms with Gasteiger partial charge in [-0.3, -0.25) is 4.79 Å². The van der Waals surface area contributed by atoms with Crippen molar-refractivity contribution in [2.24, 2.45) is 0 Å². The molecule has 0 radical (unpaired) electrons. The van der Waals surface area contributed by atoms with Crippen LogP contribution in [0.1, 0.15) is 12.0 Å². The molecule has 0 spiro atoms. The first-order valence-corrected chi connectivity index (χ1v) is 9.75. The van der Waals surface area contributed by atoms with Gasteiger partial charge in [0.2, 0.25) is 0 Å². The fraction of sp³-hybridized carbons (Fsp3) is 0.300. The fourth-order valence-electron chi connectivity index (χ4n) is 2.71. The Balaban J connectivity index is 1.47. The van der Waals surface area contributed by atoms with Crippen LogP contribution in [0.2, 0.25) is 0 Å². The molecule has 2 N–H and O–H groups in total. The molecule has 1 heterocycles. The van der Waals surface area contributed by atoms with Gasteiger partial charge in [-0.1, -0.05) is 30.3 Å². The van der Waals surface area contributed by atoms with Crippen molar-refractivity contribution in [2.75, 3.05) is 18.1 Å². The van der Waals surface area contributed by atoms with Gasteiger partial charge in [-0.2, -0.15) is 11.8 Å². The first-order chi connectivity index (χ1) is 13.1. The molecule has 1 aliphatic heterocycles. The highest BCUT2D eigenvalue weighted by atomic mass is 32.2. The lowest BCUT2D eigenvalue weighted by Crippen LogP contribution is -2.55. The molecule has 27 heavy (non-hydrogen) atoms. The van der Waals surface area contributed by atoms with E-state index >= 15 is 0 Å². The van der Waals surface area contributed by atoms with E-state index in [9.17, 15) is 14.7 Å². The summed E-state index contributed by atoms with van der Waals surface area (Å²) in [5.41, 5.74) is -0.104. The number of benzene rings is 2. The molecule has 142 valence electrons. The van der Waals surface area contributed by atoms with Gasteiger partial charge in [-0.15, -0.1) is 0 Å². The van der Waals surface area contributed by atoms with Crippen LogP contribution in [0.3, 0.4) is 0 Å². The number of carboxylic acid groups (broad SMARTS) is 1. The van der Waals surface area contributed by atoms with Crippen LogP contribution in [0, 0.1) is 0 Å². The number of ether oxygens (including phenoxy) is 2. The summed E-state index contributed by atoms with van der Waals surface area (Å²) in [5, 5.41) is 12.0. The molecule has 1 amide bonds. The van der Waals surface area contributed by atoms with E-state index in [0.717, 1.165) is 11.3 Å². The van der Waals surface area contributed by atoms with Gasteiger partial charge in [0.1, 0.15) is 23.6 Å². The van der Waals surface area contributed by atoms with Crippen molar-refractivity contribution < 1.29 is 24.2 Å². The molecule has 2 aromatic rings. The maximum absolute atomic E-state index is 12.1. The zero-order valence-corrected chi connectivity index (χ0v) is 15.5. The number of carbonyl (C=O) groups is 2. The predicted molar refractivity (Wildman–Crippen MR) is 103 cm³/mol. The molecule has 0 aromatic heterocycles. The first kappa shape index (κ1) is 19.1. The molecule has 3 rings (SSSR count). The van der Waals surface area contributed by atoms with Gasteiger partial charge in [-0.05, 0) is 42.0 Å². The van der Waals surface area contributed by atoms with Crippen LogP contribution in [0.15, 0.2) is 54.6 Å². The quantitative estimate of drug-likeness (QED) is 0.725. The van der Waals surface area contributed by atoms with E-state index in [4.69, 9.17) is 9.47 Å². The molecule has 1 saturated heterocycles. The molecular weight excluding hydrogens is 366 g/mol. The van der Waals surface area contributed by atoms with Crippen LogP contribution in [0.5, 0.6) is 11.5 Å². The Hall–Kier alpha value is -2.67. The maximum atomic E-state index is 12.1. The number of hydrogen-bond donors (Lipinski definition) is 2. The van der Waals surface area contributed by atoms with Gasteiger partial charge in [0, 0.05) is 5.75 Å². The summed E-state index contributed by atoms with van der Waals surface area (Å²) < 4.78 is 11.2. The molecule has 1 atom stereocenters. The number of amides is 1. The topological polar surface area (TPSA) is 84.9 Å². The van der Waals surface area contributed by atoms with E-state index in [1.54, 1.807) is 24.3 Å². The average Bonchev–Trinajstić information content (AvgIpc) is 3.16. The summed E-state index contributed by atoms with van der Waals surface area (Å²) in [4.78, 5) is 23.5. The Morgan fingerprint density at radius 1 is 1.04 bits per heavy atom. The predicted octanol–water partition coefficient (Wildman–Crippen LogP) is 2.72. The number of carbonyl (C=O) groups excluding carboxylic acids is 1. The van der Waals surface area contributed by atoms with Gasteiger partial charge in [-0.25, -0.2) is 4.79 Å². The molecular formula is C20H21NO5S. The standard InChI is InChI=1S/C20H21NO5S/c22-18(21-20(19(23)24)10-11-27-14-20)13-26-17-8-6-16(7-9-17)25-12-15-4-2-1-3-5-15/h1-9H,10-14H2,(H,21,22)(H,23,24). The van der Waals surface area contributed by atoms with Crippen LogP contribution in [-0.4, -0.2) is 40.6 Å². The molecule has 2 aromatic carbocycles. The van der Waals surface area contributed by atoms with E-state index in [0.29, 0.717) is 30.3 Å². The normalized spacial score (nSPS) is 18.7. The first-order valence-electron chi connectivity index (χ1n) is 8.59. The maximum Gasteiger partial charge on any atom is 0.330 e. The fourth-order valence-corrected chi connectivity index (χ4v) is 4.04. The van der Waals surface area contributed by atoms with E-state index in [2.05, 4.69) is 5.32 Å². The van der Waals surface area contributed by atoms with Gasteiger partial charge < -0.3 is 19.9 Å². The lowest BCUT2D eigenvalue weighted by Gasteiger charge is -2.24. The molecule has 1 aliphatic rings. The Morgan fingerprint density at radius 3 is 2.30 bits per heavy atom. The Morgan fingerprint density at radius 2 is 1.70 bits per heavy atom. The van der Waals surface area contributed by atoms with E-state index < -0.39 is 17.4 Å². The number of aliphatic carboxylic acids is 1. The van der Waals surface area contributed by atoms with E-state index in [-0.39, 0.29) is 6.61 Å². The molecule has 0 saturated carbocycles. The van der Waals surface area contributed by atoms with Crippen molar-refractivity contribution >= 4 is 23.6 Å². The number of hydrogen-bond acceptors (Lipinski definition) is 5. The minimum atomic E-state index is -1.18. The second-order valence-electron chi connectivity index (χ2n) is 6.27. The van der Waals surface area contributed by atoms with E-state index in [1.165, 1.54) is 11.8 Å². The minimum Gasteiger partial charge on any atom is -0.489 e. The lowest BCUT2D eigenvalue weighted by molar-refractivity contribution is -0.146. The highest BCUT2D eigenvalue weighted by molar-refractivity contribution is 7.99. The molecule has 7 heteroatoms. The smallest absolute Gasteiger partial charge is 0.330 e. The molecule has 1 fully saturated rings. The monoisotopic (exact) mass is 387 g/mol. The Bertz CT molecular complexity index is 773. The summed E-state index contributed by atoms with van der Waals surface area (Å²) >= 11 is 1.52. The summed E-state index contributed by atoms with van der Waals surface area (Å²) in [5.74, 6) is 0.871. The lowest BCUT2D eigenvalue weighted by atomic mass is 9.99. The summed E-state index contributed by atoms with van der Waals surface area (Å²) in [7, 11) is 0. The third-order valence-corrected chi connectivity index (χ3v) is 5.44. The minimum absolute atomic E-state index is 0.232. The van der Waals surface area contributed by atoms with Gasteiger partial charge in [0.15, 0.2) is 6.61 Å². The molecule has 1 unspecified atom stereocenters. The molecule has 0 bridgehead atoms. The van der Waals surface area contributed by atoms with Crippen molar-refractivity contribution in [3.63, 3.8) is 0 Å². The largest absolute Gasteiger partial charge is 0.489 e. The third kappa shape index (κ3) is 5.17. The van der Waals surface area contributed by atoms with Crippen LogP contribution in [0.25, 0.3) is 0 Å².